The number of hydrogen-bond donors (Lipinski definition) is 1. The third-order valence-electron chi connectivity index (χ3n) is 4.86. The summed E-state index contributed by atoms with van der Waals surface area (Å²) in [5.74, 6) is 1.09. The molecule has 0 radical (unpaired) electrons. The third-order valence-corrected chi connectivity index (χ3v) is 4.86. The molecule has 21 heavy (non-hydrogen) atoms. The SMILES string of the molecule is CC(C)(C)OC(=O)N1CCC(C(N)C2CCCCCC2)C1. The number of carbonyl (C=O) groups excluding carboxylic acids is 1. The molecule has 1 aliphatic heterocycles. The molecule has 0 aromatic carbocycles. The van der Waals surface area contributed by atoms with E-state index in [2.05, 4.69) is 0 Å². The van der Waals surface area contributed by atoms with Gasteiger partial charge in [-0.25, -0.2) is 4.79 Å². The van der Waals surface area contributed by atoms with Crippen LogP contribution in [0.5, 0.6) is 0 Å². The van der Waals surface area contributed by atoms with E-state index in [-0.39, 0.29) is 12.1 Å². The van der Waals surface area contributed by atoms with Crippen LogP contribution in [0.1, 0.15) is 65.7 Å². The largest absolute Gasteiger partial charge is 0.444 e. The van der Waals surface area contributed by atoms with Gasteiger partial charge >= 0.3 is 6.09 Å². The molecule has 4 heteroatoms. The van der Waals surface area contributed by atoms with Gasteiger partial charge in [-0.2, -0.15) is 0 Å². The minimum atomic E-state index is -0.418. The Morgan fingerprint density at radius 1 is 1.10 bits per heavy atom. The first-order valence-corrected chi connectivity index (χ1v) is 8.60. The number of nitrogens with two attached hydrogens (primary N) is 1. The Morgan fingerprint density at radius 3 is 2.29 bits per heavy atom. The van der Waals surface area contributed by atoms with Crippen molar-refractivity contribution in [2.24, 2.45) is 17.6 Å². The van der Waals surface area contributed by atoms with Gasteiger partial charge in [-0.05, 0) is 51.9 Å². The van der Waals surface area contributed by atoms with E-state index < -0.39 is 5.60 Å². The molecule has 2 unspecified atom stereocenters. The molecule has 1 aliphatic carbocycles. The van der Waals surface area contributed by atoms with Crippen molar-refractivity contribution < 1.29 is 9.53 Å². The first-order valence-electron chi connectivity index (χ1n) is 8.60. The monoisotopic (exact) mass is 296 g/mol. The Kier molecular flexibility index (Phi) is 5.53. The van der Waals surface area contributed by atoms with Gasteiger partial charge in [-0.3, -0.25) is 0 Å². The van der Waals surface area contributed by atoms with Crippen LogP contribution in [0.4, 0.5) is 4.79 Å². The lowest BCUT2D eigenvalue weighted by atomic mass is 9.84. The average molecular weight is 296 g/mol. The van der Waals surface area contributed by atoms with Gasteiger partial charge in [0.2, 0.25) is 0 Å². The summed E-state index contributed by atoms with van der Waals surface area (Å²) in [5, 5.41) is 0. The molecule has 0 aromatic rings. The van der Waals surface area contributed by atoms with Crippen molar-refractivity contribution in [3.05, 3.63) is 0 Å². The van der Waals surface area contributed by atoms with Crippen LogP contribution < -0.4 is 5.73 Å². The minimum Gasteiger partial charge on any atom is -0.444 e. The third kappa shape index (κ3) is 4.87. The van der Waals surface area contributed by atoms with Crippen molar-refractivity contribution >= 4 is 6.09 Å². The molecular weight excluding hydrogens is 264 g/mol. The second kappa shape index (κ2) is 6.99. The highest BCUT2D eigenvalue weighted by Gasteiger charge is 2.35. The number of carbonyl (C=O) groups is 1. The summed E-state index contributed by atoms with van der Waals surface area (Å²) in [4.78, 5) is 14.0. The van der Waals surface area contributed by atoms with Gasteiger partial charge in [0.05, 0.1) is 0 Å². The molecule has 1 amide bonds. The fourth-order valence-electron chi connectivity index (χ4n) is 3.67. The maximum atomic E-state index is 12.1. The molecule has 122 valence electrons. The van der Waals surface area contributed by atoms with Crippen LogP contribution in [0.15, 0.2) is 0 Å². The predicted molar refractivity (Wildman–Crippen MR) is 85.1 cm³/mol. The normalized spacial score (nSPS) is 26.5. The summed E-state index contributed by atoms with van der Waals surface area (Å²) in [6.45, 7) is 7.30. The van der Waals surface area contributed by atoms with Crippen molar-refractivity contribution in [2.75, 3.05) is 13.1 Å². The maximum Gasteiger partial charge on any atom is 0.410 e. The van der Waals surface area contributed by atoms with Gasteiger partial charge in [0.1, 0.15) is 5.60 Å². The fraction of sp³-hybridized carbons (Fsp3) is 0.941. The number of ether oxygens (including phenoxy) is 1. The Hall–Kier alpha value is -0.770. The fourth-order valence-corrected chi connectivity index (χ4v) is 3.67. The lowest BCUT2D eigenvalue weighted by molar-refractivity contribution is 0.0284. The van der Waals surface area contributed by atoms with Crippen LogP contribution >= 0.6 is 0 Å². The summed E-state index contributed by atoms with van der Waals surface area (Å²) < 4.78 is 5.46. The molecule has 1 saturated heterocycles. The van der Waals surface area contributed by atoms with E-state index in [4.69, 9.17) is 10.5 Å². The molecule has 2 aliphatic rings. The zero-order valence-electron chi connectivity index (χ0n) is 13.9. The van der Waals surface area contributed by atoms with E-state index in [1.807, 2.05) is 25.7 Å². The van der Waals surface area contributed by atoms with E-state index >= 15 is 0 Å². The van der Waals surface area contributed by atoms with Crippen LogP contribution in [0.3, 0.4) is 0 Å². The van der Waals surface area contributed by atoms with Crippen molar-refractivity contribution in [2.45, 2.75) is 77.4 Å². The summed E-state index contributed by atoms with van der Waals surface area (Å²) in [5.41, 5.74) is 6.12. The van der Waals surface area contributed by atoms with Crippen LogP contribution in [0.2, 0.25) is 0 Å². The second-order valence-corrected chi connectivity index (χ2v) is 7.80. The maximum absolute atomic E-state index is 12.1. The Morgan fingerprint density at radius 2 is 1.71 bits per heavy atom. The minimum absolute atomic E-state index is 0.182. The van der Waals surface area contributed by atoms with Gasteiger partial charge in [-0.1, -0.05) is 25.7 Å². The number of hydrogen-bond acceptors (Lipinski definition) is 3. The van der Waals surface area contributed by atoms with Gasteiger partial charge in [0, 0.05) is 19.1 Å². The van der Waals surface area contributed by atoms with Crippen LogP contribution in [-0.4, -0.2) is 35.7 Å². The molecule has 1 saturated carbocycles. The van der Waals surface area contributed by atoms with Crippen molar-refractivity contribution in [3.63, 3.8) is 0 Å². The van der Waals surface area contributed by atoms with Gasteiger partial charge in [0.15, 0.2) is 0 Å². The zero-order chi connectivity index (χ0) is 15.5. The molecule has 0 aromatic heterocycles. The molecule has 2 N–H and O–H groups in total. The highest BCUT2D eigenvalue weighted by atomic mass is 16.6. The van der Waals surface area contributed by atoms with Crippen LogP contribution in [0.25, 0.3) is 0 Å². The summed E-state index contributed by atoms with van der Waals surface area (Å²) >= 11 is 0. The Balaban J connectivity index is 1.84. The topological polar surface area (TPSA) is 55.6 Å². The summed E-state index contributed by atoms with van der Waals surface area (Å²) in [6, 6.07) is 0.246. The second-order valence-electron chi connectivity index (χ2n) is 7.80. The van der Waals surface area contributed by atoms with Crippen molar-refractivity contribution in [3.8, 4) is 0 Å². The predicted octanol–water partition coefficient (Wildman–Crippen LogP) is 3.54. The lowest BCUT2D eigenvalue weighted by Gasteiger charge is -2.28. The van der Waals surface area contributed by atoms with E-state index in [1.54, 1.807) is 0 Å². The van der Waals surface area contributed by atoms with Crippen LogP contribution in [0, 0.1) is 11.8 Å². The zero-order valence-corrected chi connectivity index (χ0v) is 13.9. The van der Waals surface area contributed by atoms with E-state index in [9.17, 15) is 4.79 Å². The smallest absolute Gasteiger partial charge is 0.410 e. The first-order chi connectivity index (χ1) is 9.87. The van der Waals surface area contributed by atoms with Gasteiger partial charge in [0.25, 0.3) is 0 Å². The van der Waals surface area contributed by atoms with Crippen molar-refractivity contribution in [1.29, 1.82) is 0 Å². The quantitative estimate of drug-likeness (QED) is 0.793. The van der Waals surface area contributed by atoms with E-state index in [1.165, 1.54) is 38.5 Å². The van der Waals surface area contributed by atoms with Crippen LogP contribution in [-0.2, 0) is 4.74 Å². The molecule has 4 nitrogen and oxygen atoms in total. The van der Waals surface area contributed by atoms with Crippen molar-refractivity contribution in [1.82, 2.24) is 4.90 Å². The molecule has 1 heterocycles. The Bertz CT molecular complexity index is 343. The molecule has 2 atom stereocenters. The van der Waals surface area contributed by atoms with E-state index in [0.717, 1.165) is 19.5 Å². The molecule has 0 spiro atoms. The number of amides is 1. The number of rotatable bonds is 2. The molecule has 0 bridgehead atoms. The summed E-state index contributed by atoms with van der Waals surface area (Å²) in [6.07, 6.45) is 8.74. The van der Waals surface area contributed by atoms with Gasteiger partial charge < -0.3 is 15.4 Å². The van der Waals surface area contributed by atoms with Gasteiger partial charge in [-0.15, -0.1) is 0 Å². The molecular formula is C17H32N2O2. The number of nitrogens with zero attached hydrogens (tertiary/aromatic N) is 1. The standard InChI is InChI=1S/C17H32N2O2/c1-17(2,3)21-16(20)19-11-10-14(12-19)15(18)13-8-6-4-5-7-9-13/h13-15H,4-12,18H2,1-3H3. The molecule has 2 fully saturated rings. The Labute approximate surface area is 129 Å². The lowest BCUT2D eigenvalue weighted by Crippen LogP contribution is -2.40. The summed E-state index contributed by atoms with van der Waals surface area (Å²) in [7, 11) is 0. The number of likely N-dealkylation sites (tertiary alicyclic amines) is 1. The highest BCUT2D eigenvalue weighted by molar-refractivity contribution is 5.68. The molecule has 2 rings (SSSR count). The highest BCUT2D eigenvalue weighted by Crippen LogP contribution is 2.31. The first kappa shape index (κ1) is 16.6. The van der Waals surface area contributed by atoms with E-state index in [0.29, 0.717) is 11.8 Å². The average Bonchev–Trinajstić information content (AvgIpc) is 2.72.